The Morgan fingerprint density at radius 3 is 2.42 bits per heavy atom. The second-order valence-corrected chi connectivity index (χ2v) is 4.34. The Balaban J connectivity index is 2.16. The molecule has 0 bridgehead atoms. The van der Waals surface area contributed by atoms with Crippen molar-refractivity contribution in [3.63, 3.8) is 0 Å². The summed E-state index contributed by atoms with van der Waals surface area (Å²) in [5.74, 6) is -0.616. The van der Waals surface area contributed by atoms with Crippen LogP contribution in [-0.4, -0.2) is 16.0 Å². The van der Waals surface area contributed by atoms with E-state index in [-0.39, 0.29) is 6.04 Å². The van der Waals surface area contributed by atoms with Gasteiger partial charge in [0.2, 0.25) is 0 Å². The van der Waals surface area contributed by atoms with Crippen LogP contribution in [0.25, 0.3) is 0 Å². The van der Waals surface area contributed by atoms with Gasteiger partial charge in [-0.15, -0.1) is 0 Å². The molecule has 1 aromatic heterocycles. The molecule has 2 N–H and O–H groups in total. The fraction of sp³-hybridized carbons (Fsp3) is 0.231. The number of hydrogen-bond acceptors (Lipinski definition) is 4. The molecule has 100 valence electrons. The van der Waals surface area contributed by atoms with Crippen LogP contribution in [0, 0.1) is 11.6 Å². The molecule has 0 fully saturated rings. The maximum atomic E-state index is 13.1. The van der Waals surface area contributed by atoms with Gasteiger partial charge in [0.1, 0.15) is 18.0 Å². The molecule has 1 heterocycles. The fourth-order valence-corrected chi connectivity index (χ4v) is 1.52. The van der Waals surface area contributed by atoms with Crippen molar-refractivity contribution < 1.29 is 8.78 Å². The first kappa shape index (κ1) is 13.2. The van der Waals surface area contributed by atoms with E-state index in [1.54, 1.807) is 6.07 Å². The minimum atomic E-state index is -0.903. The van der Waals surface area contributed by atoms with Crippen LogP contribution in [0.3, 0.4) is 0 Å². The van der Waals surface area contributed by atoms with Crippen molar-refractivity contribution >= 4 is 17.3 Å². The normalized spacial score (nSPS) is 10.6. The third-order valence-electron chi connectivity index (χ3n) is 2.30. The molecule has 0 saturated carbocycles. The van der Waals surface area contributed by atoms with E-state index in [0.29, 0.717) is 17.3 Å². The van der Waals surface area contributed by atoms with Crippen LogP contribution >= 0.6 is 0 Å². The van der Waals surface area contributed by atoms with E-state index in [0.717, 1.165) is 12.1 Å². The number of aromatic nitrogens is 2. The first-order valence-corrected chi connectivity index (χ1v) is 5.85. The minimum Gasteiger partial charge on any atom is -0.368 e. The zero-order chi connectivity index (χ0) is 13.8. The Morgan fingerprint density at radius 1 is 1.00 bits per heavy atom. The van der Waals surface area contributed by atoms with Crippen LogP contribution in [0.4, 0.5) is 26.1 Å². The van der Waals surface area contributed by atoms with Gasteiger partial charge in [0.15, 0.2) is 11.6 Å². The number of anilines is 3. The van der Waals surface area contributed by atoms with E-state index in [9.17, 15) is 8.78 Å². The summed E-state index contributed by atoms with van der Waals surface area (Å²) < 4.78 is 25.9. The molecule has 6 heteroatoms. The summed E-state index contributed by atoms with van der Waals surface area (Å²) in [5.41, 5.74) is 0.424. The summed E-state index contributed by atoms with van der Waals surface area (Å²) in [4.78, 5) is 8.07. The summed E-state index contributed by atoms with van der Waals surface area (Å²) in [6, 6.07) is 5.52. The maximum Gasteiger partial charge on any atom is 0.160 e. The van der Waals surface area contributed by atoms with Crippen molar-refractivity contribution in [3.05, 3.63) is 42.2 Å². The van der Waals surface area contributed by atoms with Crippen molar-refractivity contribution in [2.75, 3.05) is 10.6 Å². The smallest absolute Gasteiger partial charge is 0.160 e. The Morgan fingerprint density at radius 2 is 1.74 bits per heavy atom. The molecule has 0 aliphatic rings. The quantitative estimate of drug-likeness (QED) is 0.889. The van der Waals surface area contributed by atoms with Crippen molar-refractivity contribution in [3.8, 4) is 0 Å². The second-order valence-electron chi connectivity index (χ2n) is 4.34. The van der Waals surface area contributed by atoms with E-state index in [1.165, 1.54) is 12.4 Å². The summed E-state index contributed by atoms with van der Waals surface area (Å²) in [6.45, 7) is 3.98. The number of nitrogens with zero attached hydrogens (tertiary/aromatic N) is 2. The Kier molecular flexibility index (Phi) is 3.89. The van der Waals surface area contributed by atoms with Gasteiger partial charge in [-0.1, -0.05) is 0 Å². The van der Waals surface area contributed by atoms with Crippen LogP contribution in [0.5, 0.6) is 0 Å². The molecule has 0 spiro atoms. The largest absolute Gasteiger partial charge is 0.368 e. The predicted molar refractivity (Wildman–Crippen MR) is 70.4 cm³/mol. The molecule has 0 saturated heterocycles. The molecule has 0 atom stereocenters. The SMILES string of the molecule is CC(C)Nc1cc(Nc2ccc(F)c(F)c2)ncn1. The highest BCUT2D eigenvalue weighted by atomic mass is 19.2. The van der Waals surface area contributed by atoms with E-state index in [2.05, 4.69) is 20.6 Å². The molecular formula is C13H14F2N4. The third-order valence-corrected chi connectivity index (χ3v) is 2.30. The standard InChI is InChI=1S/C13H14F2N4/c1-8(2)18-12-6-13(17-7-16-12)19-9-3-4-10(14)11(15)5-9/h3-8H,1-2H3,(H2,16,17,18,19). The van der Waals surface area contributed by atoms with Gasteiger partial charge in [-0.2, -0.15) is 0 Å². The summed E-state index contributed by atoms with van der Waals surface area (Å²) >= 11 is 0. The van der Waals surface area contributed by atoms with Crippen LogP contribution in [0.1, 0.15) is 13.8 Å². The monoisotopic (exact) mass is 264 g/mol. The molecule has 0 radical (unpaired) electrons. The van der Waals surface area contributed by atoms with Gasteiger partial charge in [0.05, 0.1) is 0 Å². The fourth-order valence-electron chi connectivity index (χ4n) is 1.52. The highest BCUT2D eigenvalue weighted by molar-refractivity contribution is 5.58. The van der Waals surface area contributed by atoms with Crippen molar-refractivity contribution in [1.29, 1.82) is 0 Å². The summed E-state index contributed by atoms with van der Waals surface area (Å²) in [6.07, 6.45) is 1.40. The van der Waals surface area contributed by atoms with Gasteiger partial charge in [0.25, 0.3) is 0 Å². The van der Waals surface area contributed by atoms with Crippen molar-refractivity contribution in [2.24, 2.45) is 0 Å². The summed E-state index contributed by atoms with van der Waals surface area (Å²) in [5, 5.41) is 6.01. The molecular weight excluding hydrogens is 250 g/mol. The minimum absolute atomic E-state index is 0.242. The topological polar surface area (TPSA) is 49.8 Å². The van der Waals surface area contributed by atoms with Gasteiger partial charge >= 0.3 is 0 Å². The lowest BCUT2D eigenvalue weighted by Crippen LogP contribution is -2.11. The second kappa shape index (κ2) is 5.60. The summed E-state index contributed by atoms with van der Waals surface area (Å²) in [7, 11) is 0. The lowest BCUT2D eigenvalue weighted by molar-refractivity contribution is 0.509. The molecule has 0 aliphatic carbocycles. The molecule has 0 aliphatic heterocycles. The zero-order valence-electron chi connectivity index (χ0n) is 10.6. The predicted octanol–water partition coefficient (Wildman–Crippen LogP) is 3.32. The number of halogens is 2. The van der Waals surface area contributed by atoms with E-state index >= 15 is 0 Å². The van der Waals surface area contributed by atoms with Gasteiger partial charge < -0.3 is 10.6 Å². The molecule has 2 rings (SSSR count). The Labute approximate surface area is 109 Å². The number of hydrogen-bond donors (Lipinski definition) is 2. The molecule has 0 amide bonds. The van der Waals surface area contributed by atoms with Crippen LogP contribution in [0.2, 0.25) is 0 Å². The molecule has 0 unspecified atom stereocenters. The molecule has 2 aromatic rings. The van der Waals surface area contributed by atoms with Crippen molar-refractivity contribution in [2.45, 2.75) is 19.9 Å². The molecule has 19 heavy (non-hydrogen) atoms. The van der Waals surface area contributed by atoms with Crippen LogP contribution in [-0.2, 0) is 0 Å². The highest BCUT2D eigenvalue weighted by Crippen LogP contribution is 2.18. The van der Waals surface area contributed by atoms with E-state index in [4.69, 9.17) is 0 Å². The van der Waals surface area contributed by atoms with Crippen molar-refractivity contribution in [1.82, 2.24) is 9.97 Å². The highest BCUT2D eigenvalue weighted by Gasteiger charge is 2.04. The number of benzene rings is 1. The third kappa shape index (κ3) is 3.61. The average Bonchev–Trinajstić information content (AvgIpc) is 2.33. The van der Waals surface area contributed by atoms with Gasteiger partial charge in [-0.05, 0) is 26.0 Å². The maximum absolute atomic E-state index is 13.1. The first-order valence-electron chi connectivity index (χ1n) is 5.85. The van der Waals surface area contributed by atoms with E-state index < -0.39 is 11.6 Å². The Hall–Kier alpha value is -2.24. The number of rotatable bonds is 4. The first-order chi connectivity index (χ1) is 9.04. The zero-order valence-corrected chi connectivity index (χ0v) is 10.6. The van der Waals surface area contributed by atoms with Gasteiger partial charge in [-0.25, -0.2) is 18.7 Å². The van der Waals surface area contributed by atoms with Gasteiger partial charge in [-0.3, -0.25) is 0 Å². The van der Waals surface area contributed by atoms with Gasteiger partial charge in [0, 0.05) is 23.9 Å². The number of nitrogens with one attached hydrogen (secondary N) is 2. The average molecular weight is 264 g/mol. The lowest BCUT2D eigenvalue weighted by Gasteiger charge is -2.10. The Bertz CT molecular complexity index is 572. The molecule has 1 aromatic carbocycles. The molecule has 4 nitrogen and oxygen atoms in total. The van der Waals surface area contributed by atoms with E-state index in [1.807, 2.05) is 13.8 Å². The van der Waals surface area contributed by atoms with Crippen LogP contribution in [0.15, 0.2) is 30.6 Å². The van der Waals surface area contributed by atoms with Crippen LogP contribution < -0.4 is 10.6 Å². The lowest BCUT2D eigenvalue weighted by atomic mass is 10.3.